The fourth-order valence-electron chi connectivity index (χ4n) is 1.02. The zero-order valence-electron chi connectivity index (χ0n) is 9.63. The quantitative estimate of drug-likeness (QED) is 0.815. The van der Waals surface area contributed by atoms with Crippen molar-refractivity contribution in [1.82, 2.24) is 15.3 Å². The molecule has 17 heavy (non-hydrogen) atoms. The van der Waals surface area contributed by atoms with Crippen LogP contribution in [0.25, 0.3) is 0 Å². The van der Waals surface area contributed by atoms with Crippen LogP contribution in [-0.4, -0.2) is 29.0 Å². The molecule has 1 aromatic rings. The molecule has 0 unspecified atom stereocenters. The zero-order valence-corrected chi connectivity index (χ0v) is 12.0. The van der Waals surface area contributed by atoms with Crippen LogP contribution >= 0.6 is 27.5 Å². The normalized spacial score (nSPS) is 10.4. The molecule has 1 heterocycles. The Morgan fingerprint density at radius 1 is 1.53 bits per heavy atom. The lowest BCUT2D eigenvalue weighted by Gasteiger charge is -2.09. The number of amides is 1. The van der Waals surface area contributed by atoms with E-state index < -0.39 is 0 Å². The largest absolute Gasteiger partial charge is 0.360 e. The van der Waals surface area contributed by atoms with Gasteiger partial charge in [0.2, 0.25) is 5.91 Å². The molecular weight excluding hydrogens is 307 g/mol. The second-order valence-corrected chi connectivity index (χ2v) is 5.03. The van der Waals surface area contributed by atoms with Gasteiger partial charge in [0.1, 0.15) is 17.3 Å². The molecule has 0 bridgehead atoms. The highest BCUT2D eigenvalue weighted by Gasteiger charge is 2.08. The van der Waals surface area contributed by atoms with Gasteiger partial charge in [0.15, 0.2) is 0 Å². The van der Waals surface area contributed by atoms with Crippen LogP contribution in [0.5, 0.6) is 0 Å². The van der Waals surface area contributed by atoms with E-state index in [9.17, 15) is 4.79 Å². The third-order valence-corrected chi connectivity index (χ3v) is 3.14. The number of carbonyl (C=O) groups excluding carboxylic acids is 1. The molecule has 0 radical (unpaired) electrons. The lowest BCUT2D eigenvalue weighted by atomic mass is 10.2. The van der Waals surface area contributed by atoms with Gasteiger partial charge in [-0.3, -0.25) is 4.79 Å². The first-order chi connectivity index (χ1) is 8.00. The molecule has 0 atom stereocenters. The van der Waals surface area contributed by atoms with Gasteiger partial charge >= 0.3 is 0 Å². The van der Waals surface area contributed by atoms with Crippen LogP contribution in [0.1, 0.15) is 13.8 Å². The van der Waals surface area contributed by atoms with Crippen LogP contribution in [0.4, 0.5) is 5.82 Å². The van der Waals surface area contributed by atoms with Gasteiger partial charge in [-0.15, -0.1) is 0 Å². The molecule has 7 heteroatoms. The molecule has 1 amide bonds. The molecule has 2 N–H and O–H groups in total. The average molecular weight is 322 g/mol. The van der Waals surface area contributed by atoms with Crippen LogP contribution in [0.2, 0.25) is 5.15 Å². The predicted molar refractivity (Wildman–Crippen MR) is 71.1 cm³/mol. The van der Waals surface area contributed by atoms with Gasteiger partial charge in [-0.1, -0.05) is 25.4 Å². The summed E-state index contributed by atoms with van der Waals surface area (Å²) in [7, 11) is 0. The second kappa shape index (κ2) is 6.76. The third-order valence-electron chi connectivity index (χ3n) is 1.87. The number of nitrogens with zero attached hydrogens (tertiary/aromatic N) is 2. The monoisotopic (exact) mass is 320 g/mol. The first-order valence-electron chi connectivity index (χ1n) is 5.17. The van der Waals surface area contributed by atoms with Crippen molar-refractivity contribution in [2.45, 2.75) is 13.8 Å². The van der Waals surface area contributed by atoms with E-state index in [-0.39, 0.29) is 12.5 Å². The van der Waals surface area contributed by atoms with Crippen molar-refractivity contribution in [3.8, 4) is 0 Å². The van der Waals surface area contributed by atoms with E-state index in [4.69, 9.17) is 11.6 Å². The molecular formula is C10H14BrClN4O. The fraction of sp³-hybridized carbons (Fsp3) is 0.500. The van der Waals surface area contributed by atoms with Gasteiger partial charge in [0.05, 0.1) is 11.0 Å². The minimum atomic E-state index is -0.0830. The standard InChI is InChI=1S/C10H14BrClN4O/c1-6(2)3-13-7(17)4-14-10-8(11)9(12)15-5-16-10/h5-6H,3-4H2,1-2H3,(H,13,17)(H,14,15,16). The van der Waals surface area contributed by atoms with E-state index in [0.717, 1.165) is 0 Å². The molecule has 0 aromatic carbocycles. The van der Waals surface area contributed by atoms with Gasteiger partial charge < -0.3 is 10.6 Å². The zero-order chi connectivity index (χ0) is 12.8. The Bertz CT molecular complexity index is 400. The average Bonchev–Trinajstić information content (AvgIpc) is 2.28. The first-order valence-corrected chi connectivity index (χ1v) is 6.34. The molecule has 0 aliphatic carbocycles. The van der Waals surface area contributed by atoms with Crippen molar-refractivity contribution in [2.24, 2.45) is 5.92 Å². The topological polar surface area (TPSA) is 66.9 Å². The van der Waals surface area contributed by atoms with Crippen molar-refractivity contribution < 1.29 is 4.79 Å². The fourth-order valence-corrected chi connectivity index (χ4v) is 1.49. The van der Waals surface area contributed by atoms with Crippen LogP contribution in [0.15, 0.2) is 10.8 Å². The molecule has 1 aromatic heterocycles. The number of halogens is 2. The lowest BCUT2D eigenvalue weighted by molar-refractivity contribution is -0.119. The van der Waals surface area contributed by atoms with E-state index in [0.29, 0.717) is 27.9 Å². The summed E-state index contributed by atoms with van der Waals surface area (Å²) in [6, 6.07) is 0. The van der Waals surface area contributed by atoms with Crippen molar-refractivity contribution in [2.75, 3.05) is 18.4 Å². The predicted octanol–water partition coefficient (Wildman–Crippen LogP) is 2.08. The summed E-state index contributed by atoms with van der Waals surface area (Å²) in [5.74, 6) is 0.851. The van der Waals surface area contributed by atoms with Crippen LogP contribution in [0, 0.1) is 5.92 Å². The first kappa shape index (κ1) is 14.2. The van der Waals surface area contributed by atoms with E-state index in [1.54, 1.807) is 0 Å². The minimum Gasteiger partial charge on any atom is -0.360 e. The smallest absolute Gasteiger partial charge is 0.239 e. The number of carbonyl (C=O) groups is 1. The molecule has 0 saturated carbocycles. The van der Waals surface area contributed by atoms with Crippen molar-refractivity contribution in [3.63, 3.8) is 0 Å². The number of hydrogen-bond acceptors (Lipinski definition) is 4. The van der Waals surface area contributed by atoms with Gasteiger partial charge in [0, 0.05) is 6.54 Å². The number of anilines is 1. The van der Waals surface area contributed by atoms with Crippen LogP contribution in [0.3, 0.4) is 0 Å². The summed E-state index contributed by atoms with van der Waals surface area (Å²) in [6.07, 6.45) is 1.33. The number of hydrogen-bond donors (Lipinski definition) is 2. The van der Waals surface area contributed by atoms with E-state index in [1.165, 1.54) is 6.33 Å². The Hall–Kier alpha value is -0.880. The SMILES string of the molecule is CC(C)CNC(=O)CNc1ncnc(Cl)c1Br. The van der Waals surface area contributed by atoms with Crippen molar-refractivity contribution in [3.05, 3.63) is 16.0 Å². The van der Waals surface area contributed by atoms with E-state index >= 15 is 0 Å². The molecule has 94 valence electrons. The van der Waals surface area contributed by atoms with Gasteiger partial charge in [-0.2, -0.15) is 0 Å². The number of aromatic nitrogens is 2. The summed E-state index contributed by atoms with van der Waals surface area (Å²) < 4.78 is 0.554. The van der Waals surface area contributed by atoms with Gasteiger partial charge in [0.25, 0.3) is 0 Å². The van der Waals surface area contributed by atoms with E-state index in [2.05, 4.69) is 36.5 Å². The van der Waals surface area contributed by atoms with Crippen molar-refractivity contribution >= 4 is 39.3 Å². The Morgan fingerprint density at radius 3 is 2.88 bits per heavy atom. The summed E-state index contributed by atoms with van der Waals surface area (Å²) in [4.78, 5) is 19.2. The Kier molecular flexibility index (Phi) is 5.64. The van der Waals surface area contributed by atoms with Crippen LogP contribution in [-0.2, 0) is 4.79 Å². The Morgan fingerprint density at radius 2 is 2.24 bits per heavy atom. The summed E-state index contributed by atoms with van der Waals surface area (Å²) in [6.45, 7) is 4.88. The van der Waals surface area contributed by atoms with Crippen molar-refractivity contribution in [1.29, 1.82) is 0 Å². The third kappa shape index (κ3) is 4.87. The molecule has 1 rings (SSSR count). The summed E-state index contributed by atoms with van der Waals surface area (Å²) in [5, 5.41) is 5.99. The van der Waals surface area contributed by atoms with Crippen LogP contribution < -0.4 is 10.6 Å². The molecule has 5 nitrogen and oxygen atoms in total. The Balaban J connectivity index is 2.45. The maximum atomic E-state index is 11.5. The van der Waals surface area contributed by atoms with Gasteiger partial charge in [-0.05, 0) is 21.8 Å². The number of nitrogens with one attached hydrogen (secondary N) is 2. The minimum absolute atomic E-state index is 0.0830. The molecule has 0 fully saturated rings. The molecule has 0 spiro atoms. The highest BCUT2D eigenvalue weighted by atomic mass is 79.9. The number of rotatable bonds is 5. The maximum Gasteiger partial charge on any atom is 0.239 e. The highest BCUT2D eigenvalue weighted by Crippen LogP contribution is 2.25. The maximum absolute atomic E-state index is 11.5. The Labute approximate surface area is 113 Å². The molecule has 0 aliphatic heterocycles. The van der Waals surface area contributed by atoms with Gasteiger partial charge in [-0.25, -0.2) is 9.97 Å². The van der Waals surface area contributed by atoms with E-state index in [1.807, 2.05) is 13.8 Å². The molecule has 0 saturated heterocycles. The summed E-state index contributed by atoms with van der Waals surface area (Å²) >= 11 is 9.03. The molecule has 0 aliphatic rings. The second-order valence-electron chi connectivity index (χ2n) is 3.88. The highest BCUT2D eigenvalue weighted by molar-refractivity contribution is 9.10. The lowest BCUT2D eigenvalue weighted by Crippen LogP contribution is -2.32. The summed E-state index contributed by atoms with van der Waals surface area (Å²) in [5.41, 5.74) is 0.